The molecule has 0 aromatic heterocycles. The molecule has 1 atom stereocenters. The molecule has 0 unspecified atom stereocenters. The standard InChI is InChI=1S/C20H28N2O3/c1-14(21-20(24)15-8-2-3-9-15)19(23)22-17-12-6-7-13-18(17)25-16-10-4-5-11-16/h6-7,12-16H,2-5,8-11H2,1H3,(H,21,24)(H,22,23)/t14-/m0/s1. The Balaban J connectivity index is 1.57. The molecule has 0 aliphatic heterocycles. The van der Waals surface area contributed by atoms with Gasteiger partial charge in [-0.2, -0.15) is 0 Å². The summed E-state index contributed by atoms with van der Waals surface area (Å²) in [7, 11) is 0. The highest BCUT2D eigenvalue weighted by atomic mass is 16.5. The minimum Gasteiger partial charge on any atom is -0.488 e. The predicted molar refractivity (Wildman–Crippen MR) is 97.5 cm³/mol. The molecule has 5 heteroatoms. The van der Waals surface area contributed by atoms with Crippen LogP contribution in [0.1, 0.15) is 58.3 Å². The number of rotatable bonds is 6. The second-order valence-electron chi connectivity index (χ2n) is 7.22. The number of anilines is 1. The highest BCUT2D eigenvalue weighted by molar-refractivity contribution is 5.98. The smallest absolute Gasteiger partial charge is 0.246 e. The molecule has 1 aromatic carbocycles. The molecule has 0 radical (unpaired) electrons. The molecule has 2 aliphatic rings. The van der Waals surface area contributed by atoms with E-state index in [0.29, 0.717) is 11.4 Å². The SMILES string of the molecule is C[C@H](NC(=O)C1CCCC1)C(=O)Nc1ccccc1OC1CCCC1. The molecule has 2 N–H and O–H groups in total. The molecule has 3 rings (SSSR count). The van der Waals surface area contributed by atoms with Crippen LogP contribution in [0, 0.1) is 5.92 Å². The third-order valence-electron chi connectivity index (χ3n) is 5.22. The maximum atomic E-state index is 12.5. The Labute approximate surface area is 149 Å². The Hall–Kier alpha value is -2.04. The summed E-state index contributed by atoms with van der Waals surface area (Å²) >= 11 is 0. The summed E-state index contributed by atoms with van der Waals surface area (Å²) in [5, 5.41) is 5.74. The van der Waals surface area contributed by atoms with Crippen LogP contribution in [0.4, 0.5) is 5.69 Å². The lowest BCUT2D eigenvalue weighted by Gasteiger charge is -2.19. The molecule has 1 aromatic rings. The number of amides is 2. The Kier molecular flexibility index (Phi) is 5.95. The number of hydrogen-bond acceptors (Lipinski definition) is 3. The van der Waals surface area contributed by atoms with Gasteiger partial charge in [-0.3, -0.25) is 9.59 Å². The van der Waals surface area contributed by atoms with E-state index in [9.17, 15) is 9.59 Å². The van der Waals surface area contributed by atoms with Gasteiger partial charge in [0.15, 0.2) is 0 Å². The van der Waals surface area contributed by atoms with Crippen molar-refractivity contribution in [2.45, 2.75) is 70.4 Å². The molecule has 2 saturated carbocycles. The van der Waals surface area contributed by atoms with Crippen LogP contribution in [0.2, 0.25) is 0 Å². The van der Waals surface area contributed by atoms with Crippen molar-refractivity contribution in [3.63, 3.8) is 0 Å². The summed E-state index contributed by atoms with van der Waals surface area (Å²) in [5.41, 5.74) is 0.668. The van der Waals surface area contributed by atoms with E-state index in [1.165, 1.54) is 12.8 Å². The van der Waals surface area contributed by atoms with Crippen LogP contribution in [-0.4, -0.2) is 24.0 Å². The Morgan fingerprint density at radius 2 is 1.68 bits per heavy atom. The van der Waals surface area contributed by atoms with Gasteiger partial charge in [-0.15, -0.1) is 0 Å². The number of carbonyl (C=O) groups excluding carboxylic acids is 2. The first-order valence-electron chi connectivity index (χ1n) is 9.50. The fraction of sp³-hybridized carbons (Fsp3) is 0.600. The van der Waals surface area contributed by atoms with Gasteiger partial charge >= 0.3 is 0 Å². The van der Waals surface area contributed by atoms with Crippen molar-refractivity contribution in [2.75, 3.05) is 5.32 Å². The molecule has 2 fully saturated rings. The van der Waals surface area contributed by atoms with Crippen molar-refractivity contribution in [3.8, 4) is 5.75 Å². The summed E-state index contributed by atoms with van der Waals surface area (Å²) in [4.78, 5) is 24.7. The average Bonchev–Trinajstić information content (AvgIpc) is 3.30. The second-order valence-corrected chi connectivity index (χ2v) is 7.22. The molecule has 25 heavy (non-hydrogen) atoms. The highest BCUT2D eigenvalue weighted by Gasteiger charge is 2.26. The van der Waals surface area contributed by atoms with Crippen LogP contribution in [0.15, 0.2) is 24.3 Å². The van der Waals surface area contributed by atoms with E-state index >= 15 is 0 Å². The van der Waals surface area contributed by atoms with Gasteiger partial charge in [0.2, 0.25) is 11.8 Å². The summed E-state index contributed by atoms with van der Waals surface area (Å²) in [5.74, 6) is 0.551. The zero-order chi connectivity index (χ0) is 17.6. The molecule has 0 bridgehead atoms. The minimum absolute atomic E-state index is 0.00404. The lowest BCUT2D eigenvalue weighted by atomic mass is 10.1. The molecule has 2 aliphatic carbocycles. The number of nitrogens with one attached hydrogen (secondary N) is 2. The van der Waals surface area contributed by atoms with E-state index < -0.39 is 6.04 Å². The first-order valence-corrected chi connectivity index (χ1v) is 9.50. The van der Waals surface area contributed by atoms with Gasteiger partial charge in [0, 0.05) is 5.92 Å². The quantitative estimate of drug-likeness (QED) is 0.828. The fourth-order valence-electron chi connectivity index (χ4n) is 3.68. The number of carbonyl (C=O) groups is 2. The molecule has 0 heterocycles. The zero-order valence-electron chi connectivity index (χ0n) is 14.9. The average molecular weight is 344 g/mol. The van der Waals surface area contributed by atoms with E-state index in [1.807, 2.05) is 24.3 Å². The van der Waals surface area contributed by atoms with E-state index in [1.54, 1.807) is 6.92 Å². The number of benzene rings is 1. The van der Waals surface area contributed by atoms with E-state index in [4.69, 9.17) is 4.74 Å². The van der Waals surface area contributed by atoms with Gasteiger partial charge in [0.05, 0.1) is 11.8 Å². The Morgan fingerprint density at radius 3 is 2.40 bits per heavy atom. The summed E-state index contributed by atoms with van der Waals surface area (Å²) in [6.07, 6.45) is 8.82. The number of hydrogen-bond donors (Lipinski definition) is 2. The van der Waals surface area contributed by atoms with Crippen molar-refractivity contribution < 1.29 is 14.3 Å². The van der Waals surface area contributed by atoms with Gasteiger partial charge in [-0.05, 0) is 57.6 Å². The van der Waals surface area contributed by atoms with Gasteiger partial charge < -0.3 is 15.4 Å². The topological polar surface area (TPSA) is 67.4 Å². The van der Waals surface area contributed by atoms with Crippen LogP contribution in [0.25, 0.3) is 0 Å². The lowest BCUT2D eigenvalue weighted by molar-refractivity contribution is -0.128. The van der Waals surface area contributed by atoms with Crippen LogP contribution in [0.3, 0.4) is 0 Å². The maximum absolute atomic E-state index is 12.5. The highest BCUT2D eigenvalue weighted by Crippen LogP contribution is 2.30. The minimum atomic E-state index is -0.562. The number of ether oxygens (including phenoxy) is 1. The first-order chi connectivity index (χ1) is 12.1. The number of para-hydroxylation sites is 2. The zero-order valence-corrected chi connectivity index (χ0v) is 14.9. The monoisotopic (exact) mass is 344 g/mol. The maximum Gasteiger partial charge on any atom is 0.246 e. The molecular weight excluding hydrogens is 316 g/mol. The molecule has 0 spiro atoms. The predicted octanol–water partition coefficient (Wildman–Crippen LogP) is 3.64. The van der Waals surface area contributed by atoms with Crippen molar-refractivity contribution >= 4 is 17.5 Å². The van der Waals surface area contributed by atoms with Gasteiger partial charge in [-0.1, -0.05) is 25.0 Å². The van der Waals surface area contributed by atoms with Gasteiger partial charge in [0.25, 0.3) is 0 Å². The summed E-state index contributed by atoms with van der Waals surface area (Å²) in [6.45, 7) is 1.72. The van der Waals surface area contributed by atoms with E-state index in [0.717, 1.165) is 38.5 Å². The summed E-state index contributed by atoms with van der Waals surface area (Å²) < 4.78 is 6.05. The van der Waals surface area contributed by atoms with Crippen molar-refractivity contribution in [1.82, 2.24) is 5.32 Å². The molecule has 5 nitrogen and oxygen atoms in total. The molecule has 136 valence electrons. The lowest BCUT2D eigenvalue weighted by Crippen LogP contribution is -2.43. The van der Waals surface area contributed by atoms with Crippen LogP contribution < -0.4 is 15.4 Å². The van der Waals surface area contributed by atoms with Crippen LogP contribution >= 0.6 is 0 Å². The van der Waals surface area contributed by atoms with Crippen LogP contribution in [-0.2, 0) is 9.59 Å². The fourth-order valence-corrected chi connectivity index (χ4v) is 3.68. The second kappa shape index (κ2) is 8.37. The van der Waals surface area contributed by atoms with Crippen molar-refractivity contribution in [3.05, 3.63) is 24.3 Å². The largest absolute Gasteiger partial charge is 0.488 e. The van der Waals surface area contributed by atoms with E-state index in [2.05, 4.69) is 10.6 Å². The normalized spacial score (nSPS) is 19.6. The molecule has 0 saturated heterocycles. The first kappa shape index (κ1) is 17.8. The van der Waals surface area contributed by atoms with Gasteiger partial charge in [0.1, 0.15) is 11.8 Å². The molecular formula is C20H28N2O3. The van der Waals surface area contributed by atoms with Gasteiger partial charge in [-0.25, -0.2) is 0 Å². The van der Waals surface area contributed by atoms with Crippen LogP contribution in [0.5, 0.6) is 5.75 Å². The van der Waals surface area contributed by atoms with Crippen molar-refractivity contribution in [2.24, 2.45) is 5.92 Å². The third kappa shape index (κ3) is 4.74. The van der Waals surface area contributed by atoms with E-state index in [-0.39, 0.29) is 23.8 Å². The molecule has 2 amide bonds. The Morgan fingerprint density at radius 1 is 1.04 bits per heavy atom. The Bertz CT molecular complexity index is 605. The summed E-state index contributed by atoms with van der Waals surface area (Å²) in [6, 6.07) is 6.95. The van der Waals surface area contributed by atoms with Crippen molar-refractivity contribution in [1.29, 1.82) is 0 Å². The third-order valence-corrected chi connectivity index (χ3v) is 5.22.